The largest absolute Gasteiger partial charge is 0.378 e. The summed E-state index contributed by atoms with van der Waals surface area (Å²) in [4.78, 5) is 24.6. The summed E-state index contributed by atoms with van der Waals surface area (Å²) in [7, 11) is 0. The van der Waals surface area contributed by atoms with Crippen molar-refractivity contribution in [2.45, 2.75) is 25.4 Å². The van der Waals surface area contributed by atoms with Gasteiger partial charge in [0.15, 0.2) is 0 Å². The topological polar surface area (TPSA) is 72.7 Å². The molecule has 0 aromatic heterocycles. The first-order valence-electron chi connectivity index (χ1n) is 7.41. The van der Waals surface area contributed by atoms with Gasteiger partial charge >= 0.3 is 0 Å². The first-order chi connectivity index (χ1) is 10.6. The third-order valence-corrected chi connectivity index (χ3v) is 4.70. The summed E-state index contributed by atoms with van der Waals surface area (Å²) in [6.45, 7) is 2.14. The lowest BCUT2D eigenvalue weighted by Crippen LogP contribution is -2.48. The predicted molar refractivity (Wildman–Crippen MR) is 81.1 cm³/mol. The van der Waals surface area contributed by atoms with Gasteiger partial charge in [-0.2, -0.15) is 0 Å². The Morgan fingerprint density at radius 3 is 2.95 bits per heavy atom. The highest BCUT2D eigenvalue weighted by molar-refractivity contribution is 6.33. The lowest BCUT2D eigenvalue weighted by atomic mass is 9.88. The van der Waals surface area contributed by atoms with Crippen molar-refractivity contribution in [3.63, 3.8) is 0 Å². The van der Waals surface area contributed by atoms with E-state index in [1.165, 1.54) is 18.2 Å². The van der Waals surface area contributed by atoms with Crippen LogP contribution in [-0.4, -0.2) is 41.5 Å². The van der Waals surface area contributed by atoms with Crippen molar-refractivity contribution in [3.8, 4) is 0 Å². The normalized spacial score (nSPS) is 24.7. The Bertz CT molecular complexity index is 607. The van der Waals surface area contributed by atoms with E-state index in [9.17, 15) is 14.9 Å². The highest BCUT2D eigenvalue weighted by atomic mass is 35.5. The van der Waals surface area contributed by atoms with Gasteiger partial charge in [0, 0.05) is 37.2 Å². The van der Waals surface area contributed by atoms with Crippen LogP contribution in [0.3, 0.4) is 0 Å². The molecule has 2 heterocycles. The molecule has 118 valence electrons. The standard InChI is InChI=1S/C15H17ClN2O4/c16-12-8-10(3-4-13(12)18(20)21)15(19)17-6-5-14-11(9-17)2-1-7-22-14/h3-4,8,11,14H,1-2,5-7,9H2. The van der Waals surface area contributed by atoms with Gasteiger partial charge in [0.2, 0.25) is 0 Å². The smallest absolute Gasteiger partial charge is 0.287 e. The Kier molecular flexibility index (Phi) is 4.31. The van der Waals surface area contributed by atoms with Crippen LogP contribution in [0.2, 0.25) is 5.02 Å². The molecule has 0 aliphatic carbocycles. The number of amides is 1. The van der Waals surface area contributed by atoms with E-state index in [1.54, 1.807) is 4.90 Å². The number of hydrogen-bond donors (Lipinski definition) is 0. The van der Waals surface area contributed by atoms with Crippen LogP contribution in [0.25, 0.3) is 0 Å². The first kappa shape index (κ1) is 15.2. The van der Waals surface area contributed by atoms with Gasteiger partial charge in [0.05, 0.1) is 11.0 Å². The van der Waals surface area contributed by atoms with Crippen molar-refractivity contribution in [3.05, 3.63) is 38.9 Å². The van der Waals surface area contributed by atoms with Crippen molar-refractivity contribution in [1.29, 1.82) is 0 Å². The van der Waals surface area contributed by atoms with E-state index in [2.05, 4.69) is 0 Å². The van der Waals surface area contributed by atoms with Crippen LogP contribution in [-0.2, 0) is 4.74 Å². The summed E-state index contributed by atoms with van der Waals surface area (Å²) >= 11 is 5.89. The summed E-state index contributed by atoms with van der Waals surface area (Å²) in [5.41, 5.74) is 0.211. The average molecular weight is 325 g/mol. The van der Waals surface area contributed by atoms with Gasteiger partial charge < -0.3 is 9.64 Å². The van der Waals surface area contributed by atoms with Gasteiger partial charge in [-0.15, -0.1) is 0 Å². The molecule has 0 saturated carbocycles. The minimum Gasteiger partial charge on any atom is -0.378 e. The van der Waals surface area contributed by atoms with Gasteiger partial charge in [-0.3, -0.25) is 14.9 Å². The molecule has 6 nitrogen and oxygen atoms in total. The van der Waals surface area contributed by atoms with Crippen LogP contribution in [0.15, 0.2) is 18.2 Å². The third kappa shape index (κ3) is 2.94. The van der Waals surface area contributed by atoms with Gasteiger partial charge in [-0.05, 0) is 31.4 Å². The molecule has 3 rings (SSSR count). The van der Waals surface area contributed by atoms with E-state index in [0.717, 1.165) is 25.9 Å². The van der Waals surface area contributed by atoms with Gasteiger partial charge in [0.25, 0.3) is 11.6 Å². The number of carbonyl (C=O) groups excluding carboxylic acids is 1. The number of benzene rings is 1. The monoisotopic (exact) mass is 324 g/mol. The molecule has 0 radical (unpaired) electrons. The molecule has 0 spiro atoms. The number of halogens is 1. The molecule has 1 aromatic carbocycles. The third-order valence-electron chi connectivity index (χ3n) is 4.39. The second-order valence-corrected chi connectivity index (χ2v) is 6.18. The molecule has 1 amide bonds. The van der Waals surface area contributed by atoms with E-state index in [1.807, 2.05) is 0 Å². The second kappa shape index (κ2) is 6.22. The van der Waals surface area contributed by atoms with Crippen LogP contribution >= 0.6 is 11.6 Å². The number of likely N-dealkylation sites (tertiary alicyclic amines) is 1. The number of nitrogens with zero attached hydrogens (tertiary/aromatic N) is 2. The Balaban J connectivity index is 1.74. The summed E-state index contributed by atoms with van der Waals surface area (Å²) < 4.78 is 5.74. The Hall–Kier alpha value is -1.66. The minimum atomic E-state index is -0.554. The van der Waals surface area contributed by atoms with Crippen LogP contribution in [0.4, 0.5) is 5.69 Å². The second-order valence-electron chi connectivity index (χ2n) is 5.77. The molecule has 1 aromatic rings. The number of nitro benzene ring substituents is 1. The Labute approximate surface area is 133 Å². The molecule has 2 atom stereocenters. The SMILES string of the molecule is O=C(c1ccc([N+](=O)[O-])c(Cl)c1)N1CCC2OCCCC2C1. The van der Waals surface area contributed by atoms with E-state index >= 15 is 0 Å². The lowest BCUT2D eigenvalue weighted by Gasteiger charge is -2.41. The van der Waals surface area contributed by atoms with Crippen molar-refractivity contribution in [1.82, 2.24) is 4.90 Å². The molecule has 7 heteroatoms. The van der Waals surface area contributed by atoms with E-state index in [-0.39, 0.29) is 22.7 Å². The number of carbonyl (C=O) groups is 1. The highest BCUT2D eigenvalue weighted by Gasteiger charge is 2.34. The molecule has 2 saturated heterocycles. The first-order valence-corrected chi connectivity index (χ1v) is 7.79. The Morgan fingerprint density at radius 2 is 2.23 bits per heavy atom. The molecular weight excluding hydrogens is 308 g/mol. The molecule has 0 N–H and O–H groups in total. The van der Waals surface area contributed by atoms with Crippen molar-refractivity contribution in [2.24, 2.45) is 5.92 Å². The quantitative estimate of drug-likeness (QED) is 0.619. The summed E-state index contributed by atoms with van der Waals surface area (Å²) in [5.74, 6) is 0.265. The summed E-state index contributed by atoms with van der Waals surface area (Å²) in [5, 5.41) is 10.8. The number of ether oxygens (including phenoxy) is 1. The maximum atomic E-state index is 12.6. The number of piperidine rings is 1. The number of hydrogen-bond acceptors (Lipinski definition) is 4. The maximum Gasteiger partial charge on any atom is 0.287 e. The number of rotatable bonds is 2. The maximum absolute atomic E-state index is 12.6. The number of fused-ring (bicyclic) bond motifs is 1. The summed E-state index contributed by atoms with van der Waals surface area (Å²) in [6, 6.07) is 4.13. The van der Waals surface area contributed by atoms with Crippen molar-refractivity contribution in [2.75, 3.05) is 19.7 Å². The molecule has 2 fully saturated rings. The van der Waals surface area contributed by atoms with Gasteiger partial charge in [-0.25, -0.2) is 0 Å². The zero-order valence-corrected chi connectivity index (χ0v) is 12.8. The van der Waals surface area contributed by atoms with Gasteiger partial charge in [0.1, 0.15) is 5.02 Å². The van der Waals surface area contributed by atoms with Gasteiger partial charge in [-0.1, -0.05) is 11.6 Å². The van der Waals surface area contributed by atoms with Crippen molar-refractivity contribution < 1.29 is 14.5 Å². The lowest BCUT2D eigenvalue weighted by molar-refractivity contribution is -0.384. The zero-order valence-electron chi connectivity index (χ0n) is 12.0. The average Bonchev–Trinajstić information content (AvgIpc) is 2.53. The fraction of sp³-hybridized carbons (Fsp3) is 0.533. The van der Waals surface area contributed by atoms with E-state index in [4.69, 9.17) is 16.3 Å². The van der Waals surface area contributed by atoms with E-state index < -0.39 is 4.92 Å². The molecule has 2 unspecified atom stereocenters. The molecule has 22 heavy (non-hydrogen) atoms. The molecular formula is C15H17ClN2O4. The predicted octanol–water partition coefficient (Wildman–Crippen LogP) is 2.89. The van der Waals surface area contributed by atoms with Crippen LogP contribution in [0, 0.1) is 16.0 Å². The fourth-order valence-electron chi connectivity index (χ4n) is 3.24. The van der Waals surface area contributed by atoms with Crippen molar-refractivity contribution >= 4 is 23.2 Å². The Morgan fingerprint density at radius 1 is 1.41 bits per heavy atom. The molecule has 0 bridgehead atoms. The molecule has 2 aliphatic rings. The van der Waals surface area contributed by atoms with Crippen LogP contribution in [0.1, 0.15) is 29.6 Å². The summed E-state index contributed by atoms with van der Waals surface area (Å²) in [6.07, 6.45) is 3.22. The molecule has 2 aliphatic heterocycles. The van der Waals surface area contributed by atoms with Crippen LogP contribution in [0.5, 0.6) is 0 Å². The highest BCUT2D eigenvalue weighted by Crippen LogP contribution is 2.30. The number of nitro groups is 1. The fourth-order valence-corrected chi connectivity index (χ4v) is 3.49. The zero-order chi connectivity index (χ0) is 15.7. The van der Waals surface area contributed by atoms with Crippen LogP contribution < -0.4 is 0 Å². The minimum absolute atomic E-state index is 0.00765. The van der Waals surface area contributed by atoms with E-state index in [0.29, 0.717) is 24.6 Å².